The Bertz CT molecular complexity index is 1600. The van der Waals surface area contributed by atoms with Gasteiger partial charge in [-0.2, -0.15) is 39.5 Å². The minimum atomic E-state index is -7.26. The van der Waals surface area contributed by atoms with Crippen molar-refractivity contribution in [1.29, 1.82) is 0 Å². The van der Waals surface area contributed by atoms with Crippen molar-refractivity contribution in [3.8, 4) is 16.9 Å². The minimum Gasteiger partial charge on any atom is -0.507 e. The van der Waals surface area contributed by atoms with Gasteiger partial charge in [-0.3, -0.25) is 4.79 Å². The number of phenols is 1. The van der Waals surface area contributed by atoms with E-state index < -0.39 is 41.0 Å². The molecule has 0 radical (unpaired) electrons. The quantitative estimate of drug-likeness (QED) is 0.169. The van der Waals surface area contributed by atoms with Gasteiger partial charge in [-0.05, 0) is 57.4 Å². The number of hydrogen-bond acceptors (Lipinski definition) is 2. The van der Waals surface area contributed by atoms with Crippen molar-refractivity contribution in [1.82, 2.24) is 0 Å². The number of phenolic OH excluding ortho intramolecular Hbond substituents is 1. The minimum absolute atomic E-state index is 0.0775. The zero-order chi connectivity index (χ0) is 28.4. The lowest BCUT2D eigenvalue weighted by atomic mass is 9.88. The molecule has 4 aromatic carbocycles. The first kappa shape index (κ1) is 28.2. The van der Waals surface area contributed by atoms with Crippen LogP contribution < -0.4 is 0 Å². The molecule has 0 aliphatic rings. The topological polar surface area (TPSA) is 37.3 Å². The van der Waals surface area contributed by atoms with Crippen LogP contribution >= 0.6 is 31.9 Å². The molecular weight excluding hydrogens is 663 g/mol. The average Bonchev–Trinajstić information content (AvgIpc) is 2.82. The lowest BCUT2D eigenvalue weighted by Gasteiger charge is -2.33. The molecule has 0 unspecified atom stereocenters. The molecule has 200 valence electrons. The Morgan fingerprint density at radius 2 is 1.24 bits per heavy atom. The number of hydrogen-bond donors (Lipinski definition) is 1. The van der Waals surface area contributed by atoms with Crippen LogP contribution in [0.1, 0.15) is 10.4 Å². The molecule has 0 spiro atoms. The summed E-state index contributed by atoms with van der Waals surface area (Å²) in [7, 11) is 0. The maximum absolute atomic E-state index is 14.6. The van der Waals surface area contributed by atoms with E-state index in [-0.39, 0.29) is 21.9 Å². The van der Waals surface area contributed by atoms with E-state index in [0.29, 0.717) is 25.8 Å². The highest BCUT2D eigenvalue weighted by atomic mass is 79.9. The van der Waals surface area contributed by atoms with Crippen LogP contribution in [0.4, 0.5) is 39.5 Å². The Balaban J connectivity index is 2.03. The third-order valence-corrected chi connectivity index (χ3v) is 6.85. The first-order chi connectivity index (χ1) is 17.4. The second kappa shape index (κ2) is 9.15. The normalized spacial score (nSPS) is 13.3. The predicted molar refractivity (Wildman–Crippen MR) is 129 cm³/mol. The Morgan fingerprint density at radius 1 is 0.684 bits per heavy atom. The van der Waals surface area contributed by atoms with E-state index in [1.165, 1.54) is 30.3 Å². The first-order valence-corrected chi connectivity index (χ1v) is 11.9. The molecule has 0 atom stereocenters. The molecule has 2 nitrogen and oxygen atoms in total. The maximum Gasteiger partial charge on any atom is 0.460 e. The smallest absolute Gasteiger partial charge is 0.460 e. The monoisotopic (exact) mass is 672 g/mol. The van der Waals surface area contributed by atoms with Gasteiger partial charge in [0.2, 0.25) is 5.78 Å². The van der Waals surface area contributed by atoms with Crippen molar-refractivity contribution in [3.05, 3.63) is 75.2 Å². The number of ketones is 1. The number of benzene rings is 4. The molecule has 0 aromatic heterocycles. The van der Waals surface area contributed by atoms with Crippen LogP contribution in [0.2, 0.25) is 0 Å². The molecule has 4 rings (SSSR count). The number of Topliss-reactive ketones (excluding diaryl/α,β-unsaturated/α-hetero) is 1. The van der Waals surface area contributed by atoms with Gasteiger partial charge in [-0.25, -0.2) is 0 Å². The molecule has 4 aromatic rings. The van der Waals surface area contributed by atoms with Gasteiger partial charge >= 0.3 is 23.9 Å². The first-order valence-electron chi connectivity index (χ1n) is 10.3. The lowest BCUT2D eigenvalue weighted by Crippen LogP contribution is -2.63. The van der Waals surface area contributed by atoms with Crippen LogP contribution in [-0.4, -0.2) is 34.8 Å². The highest BCUT2D eigenvalue weighted by Crippen LogP contribution is 2.55. The fraction of sp³-hybridized carbons (Fsp3) is 0.160. The maximum atomic E-state index is 14.6. The van der Waals surface area contributed by atoms with Crippen LogP contribution in [0.3, 0.4) is 0 Å². The Labute approximate surface area is 224 Å². The van der Waals surface area contributed by atoms with Gasteiger partial charge in [-0.1, -0.05) is 62.2 Å². The summed E-state index contributed by atoms with van der Waals surface area (Å²) in [5.41, 5.74) is -1.72. The van der Waals surface area contributed by atoms with Crippen molar-refractivity contribution in [2.45, 2.75) is 23.9 Å². The molecule has 13 heteroatoms. The van der Waals surface area contributed by atoms with Crippen molar-refractivity contribution < 1.29 is 49.4 Å². The molecule has 38 heavy (non-hydrogen) atoms. The third kappa shape index (κ3) is 4.23. The van der Waals surface area contributed by atoms with Gasteiger partial charge in [0, 0.05) is 14.5 Å². The summed E-state index contributed by atoms with van der Waals surface area (Å²) in [5, 5.41) is 12.0. The fourth-order valence-electron chi connectivity index (χ4n) is 3.97. The van der Waals surface area contributed by atoms with E-state index in [0.717, 1.165) is 0 Å². The highest BCUT2D eigenvalue weighted by Gasteiger charge is 2.83. The van der Waals surface area contributed by atoms with E-state index in [1.807, 2.05) is 0 Å². The number of halogens is 11. The predicted octanol–water partition coefficient (Wildman–Crippen LogP) is 9.54. The summed E-state index contributed by atoms with van der Waals surface area (Å²) in [5.74, 6) is -25.4. The molecule has 0 bridgehead atoms. The van der Waals surface area contributed by atoms with Gasteiger partial charge in [0.15, 0.2) is 0 Å². The van der Waals surface area contributed by atoms with Crippen molar-refractivity contribution in [2.24, 2.45) is 0 Å². The standard InChI is InChI=1S/C25H11Br2F9O2/c26-13-4-6-15-11(8-13)2-1-3-17(15)19-16-7-5-14(27)9-12(16)10-18(20(19)37)21(38)22(28,29)23(30,31)24(32,33)25(34,35)36/h1-10,37H. The van der Waals surface area contributed by atoms with Crippen LogP contribution in [0.5, 0.6) is 5.75 Å². The highest BCUT2D eigenvalue weighted by molar-refractivity contribution is 9.10. The largest absolute Gasteiger partial charge is 0.507 e. The number of alkyl halides is 9. The Kier molecular flexibility index (Phi) is 6.79. The molecule has 0 fully saturated rings. The molecule has 0 saturated carbocycles. The summed E-state index contributed by atoms with van der Waals surface area (Å²) in [6.07, 6.45) is -7.10. The summed E-state index contributed by atoms with van der Waals surface area (Å²) in [4.78, 5) is 12.6. The molecule has 0 heterocycles. The second-order valence-electron chi connectivity index (χ2n) is 8.23. The summed E-state index contributed by atoms with van der Waals surface area (Å²) in [6.45, 7) is 0. The zero-order valence-corrected chi connectivity index (χ0v) is 21.5. The summed E-state index contributed by atoms with van der Waals surface area (Å²) in [6, 6.07) is 14.1. The van der Waals surface area contributed by atoms with Gasteiger partial charge in [0.1, 0.15) is 5.75 Å². The molecule has 0 amide bonds. The second-order valence-corrected chi connectivity index (χ2v) is 10.1. The van der Waals surface area contributed by atoms with Crippen LogP contribution in [0, 0.1) is 0 Å². The number of carbonyl (C=O) groups is 1. The number of rotatable bonds is 5. The average molecular weight is 674 g/mol. The molecule has 0 saturated heterocycles. The Morgan fingerprint density at radius 3 is 1.82 bits per heavy atom. The number of aromatic hydroxyl groups is 1. The summed E-state index contributed by atoms with van der Waals surface area (Å²) >= 11 is 6.40. The number of carbonyl (C=O) groups excluding carboxylic acids is 1. The van der Waals surface area contributed by atoms with E-state index >= 15 is 0 Å². The van der Waals surface area contributed by atoms with E-state index in [2.05, 4.69) is 31.9 Å². The van der Waals surface area contributed by atoms with Crippen molar-refractivity contribution >= 4 is 59.2 Å². The molecular formula is C25H11Br2F9O2. The van der Waals surface area contributed by atoms with Crippen LogP contribution in [-0.2, 0) is 0 Å². The van der Waals surface area contributed by atoms with E-state index in [4.69, 9.17) is 0 Å². The van der Waals surface area contributed by atoms with E-state index in [1.54, 1.807) is 24.3 Å². The van der Waals surface area contributed by atoms with Gasteiger partial charge in [-0.15, -0.1) is 0 Å². The van der Waals surface area contributed by atoms with Crippen molar-refractivity contribution in [2.75, 3.05) is 0 Å². The molecule has 0 aliphatic carbocycles. The van der Waals surface area contributed by atoms with Gasteiger partial charge in [0.05, 0.1) is 5.56 Å². The fourth-order valence-corrected chi connectivity index (χ4v) is 4.73. The molecule has 0 aliphatic heterocycles. The third-order valence-electron chi connectivity index (χ3n) is 5.86. The van der Waals surface area contributed by atoms with Gasteiger partial charge < -0.3 is 5.11 Å². The van der Waals surface area contributed by atoms with Crippen LogP contribution in [0.15, 0.2) is 69.6 Å². The lowest BCUT2D eigenvalue weighted by molar-refractivity contribution is -0.386. The SMILES string of the molecule is O=C(c1cc2cc(Br)ccc2c(-c2cccc3cc(Br)ccc23)c1O)C(F)(F)C(F)(F)C(F)(F)C(F)(F)F. The van der Waals surface area contributed by atoms with Gasteiger partial charge in [0.25, 0.3) is 0 Å². The molecule has 1 N–H and O–H groups in total. The Hall–Kier alpha value is -2.80. The van der Waals surface area contributed by atoms with Crippen molar-refractivity contribution in [3.63, 3.8) is 0 Å². The van der Waals surface area contributed by atoms with Crippen LogP contribution in [0.25, 0.3) is 32.7 Å². The summed E-state index contributed by atoms with van der Waals surface area (Å²) < 4.78 is 123. The zero-order valence-electron chi connectivity index (χ0n) is 18.3. The van der Waals surface area contributed by atoms with E-state index in [9.17, 15) is 49.4 Å². The number of fused-ring (bicyclic) bond motifs is 2.